The largest absolute Gasteiger partial charge is 0.501 e. The molecule has 0 spiro atoms. The quantitative estimate of drug-likeness (QED) is 0.300. The monoisotopic (exact) mass is 436 g/mol. The van der Waals surface area contributed by atoms with Gasteiger partial charge in [-0.1, -0.05) is 38.8 Å². The third-order valence-electron chi connectivity index (χ3n) is 6.12. The standard InChI is InChI=1S/C25H44O4Si/c1-6-10-22-11-13-23(14-12-22)24-15-17-25(18-16-24)26-19-21(5)20-30(27-7-2,28-8-3)29-9-4/h15-18,21-23H,6-14,19-20H2,1-5H3/t21?,22-,23-. The van der Waals surface area contributed by atoms with E-state index < -0.39 is 8.80 Å². The number of benzene rings is 1. The zero-order chi connectivity index (χ0) is 21.8. The Balaban J connectivity index is 1.84. The summed E-state index contributed by atoms with van der Waals surface area (Å²) < 4.78 is 24.0. The third kappa shape index (κ3) is 7.99. The van der Waals surface area contributed by atoms with E-state index in [1.165, 1.54) is 44.1 Å². The van der Waals surface area contributed by atoms with Gasteiger partial charge in [-0.25, -0.2) is 0 Å². The highest BCUT2D eigenvalue weighted by molar-refractivity contribution is 6.60. The van der Waals surface area contributed by atoms with Crippen molar-refractivity contribution in [2.45, 2.75) is 85.1 Å². The first-order valence-corrected chi connectivity index (χ1v) is 14.1. The Morgan fingerprint density at radius 1 is 0.867 bits per heavy atom. The number of hydrogen-bond donors (Lipinski definition) is 0. The van der Waals surface area contributed by atoms with Gasteiger partial charge in [0, 0.05) is 25.9 Å². The Morgan fingerprint density at radius 2 is 1.43 bits per heavy atom. The first-order valence-electron chi connectivity index (χ1n) is 12.2. The highest BCUT2D eigenvalue weighted by Gasteiger charge is 2.41. The van der Waals surface area contributed by atoms with E-state index in [1.54, 1.807) is 0 Å². The lowest BCUT2D eigenvalue weighted by Gasteiger charge is -2.30. The maximum absolute atomic E-state index is 6.09. The highest BCUT2D eigenvalue weighted by atomic mass is 28.4. The number of ether oxygens (including phenoxy) is 1. The molecule has 4 nitrogen and oxygen atoms in total. The smallest absolute Gasteiger partial charge is 0.493 e. The van der Waals surface area contributed by atoms with Crippen LogP contribution in [-0.2, 0) is 13.3 Å². The Morgan fingerprint density at radius 3 is 1.93 bits per heavy atom. The second kappa shape index (κ2) is 13.5. The molecule has 1 aromatic rings. The third-order valence-corrected chi connectivity index (χ3v) is 9.50. The van der Waals surface area contributed by atoms with E-state index in [4.69, 9.17) is 18.0 Å². The van der Waals surface area contributed by atoms with Crippen LogP contribution in [0.25, 0.3) is 0 Å². The van der Waals surface area contributed by atoms with Gasteiger partial charge in [-0.15, -0.1) is 0 Å². The zero-order valence-corrected chi connectivity index (χ0v) is 21.0. The van der Waals surface area contributed by atoms with Gasteiger partial charge in [0.25, 0.3) is 0 Å². The molecule has 0 bridgehead atoms. The SMILES string of the molecule is CCC[C@H]1CC[C@H](c2ccc(OCC(C)C[Si](OCC)(OCC)OCC)cc2)CC1. The van der Waals surface area contributed by atoms with E-state index in [0.29, 0.717) is 32.3 Å². The van der Waals surface area contributed by atoms with Gasteiger partial charge >= 0.3 is 8.80 Å². The minimum Gasteiger partial charge on any atom is -0.493 e. The Hall–Kier alpha value is -0.883. The molecule has 1 aliphatic rings. The molecule has 1 aliphatic carbocycles. The van der Waals surface area contributed by atoms with E-state index in [9.17, 15) is 0 Å². The van der Waals surface area contributed by atoms with Crippen molar-refractivity contribution in [1.29, 1.82) is 0 Å². The summed E-state index contributed by atoms with van der Waals surface area (Å²) in [6.07, 6.45) is 8.17. The second-order valence-corrected chi connectivity index (χ2v) is 11.3. The van der Waals surface area contributed by atoms with Crippen LogP contribution in [0.1, 0.15) is 84.6 Å². The second-order valence-electron chi connectivity index (χ2n) is 8.68. The van der Waals surface area contributed by atoms with Gasteiger partial charge < -0.3 is 18.0 Å². The van der Waals surface area contributed by atoms with Crippen LogP contribution in [0.5, 0.6) is 5.75 Å². The zero-order valence-electron chi connectivity index (χ0n) is 20.0. The Bertz CT molecular complexity index is 552. The average molecular weight is 437 g/mol. The lowest BCUT2D eigenvalue weighted by molar-refractivity contribution is 0.0651. The molecule has 0 saturated heterocycles. The predicted octanol–water partition coefficient (Wildman–Crippen LogP) is 6.82. The van der Waals surface area contributed by atoms with Gasteiger partial charge in [-0.05, 0) is 81.9 Å². The van der Waals surface area contributed by atoms with Gasteiger partial charge in [0.1, 0.15) is 5.75 Å². The maximum atomic E-state index is 6.09. The highest BCUT2D eigenvalue weighted by Crippen LogP contribution is 2.37. The molecule has 0 heterocycles. The fraction of sp³-hybridized carbons (Fsp3) is 0.760. The molecule has 0 aliphatic heterocycles. The molecule has 30 heavy (non-hydrogen) atoms. The lowest BCUT2D eigenvalue weighted by atomic mass is 9.77. The van der Waals surface area contributed by atoms with Crippen LogP contribution in [0.3, 0.4) is 0 Å². The molecule has 0 radical (unpaired) electrons. The predicted molar refractivity (Wildman–Crippen MR) is 126 cm³/mol. The summed E-state index contributed by atoms with van der Waals surface area (Å²) in [5.74, 6) is 2.92. The van der Waals surface area contributed by atoms with Crippen LogP contribution in [0.2, 0.25) is 6.04 Å². The van der Waals surface area contributed by atoms with Crippen LogP contribution >= 0.6 is 0 Å². The molecule has 1 unspecified atom stereocenters. The van der Waals surface area contributed by atoms with E-state index in [-0.39, 0.29) is 0 Å². The van der Waals surface area contributed by atoms with Crippen molar-refractivity contribution in [1.82, 2.24) is 0 Å². The summed E-state index contributed by atoms with van der Waals surface area (Å²) in [7, 11) is -2.62. The normalized spacial score (nSPS) is 20.8. The van der Waals surface area contributed by atoms with Crippen LogP contribution in [-0.4, -0.2) is 35.2 Å². The van der Waals surface area contributed by atoms with Crippen LogP contribution in [0, 0.1) is 11.8 Å². The van der Waals surface area contributed by atoms with Crippen molar-refractivity contribution in [3.8, 4) is 5.75 Å². The molecular formula is C25H44O4Si. The van der Waals surface area contributed by atoms with Gasteiger partial charge in [-0.2, -0.15) is 0 Å². The van der Waals surface area contributed by atoms with Crippen LogP contribution in [0.15, 0.2) is 24.3 Å². The van der Waals surface area contributed by atoms with Crippen molar-refractivity contribution in [2.24, 2.45) is 11.8 Å². The van der Waals surface area contributed by atoms with Gasteiger partial charge in [0.05, 0.1) is 6.61 Å². The molecular weight excluding hydrogens is 392 g/mol. The lowest BCUT2D eigenvalue weighted by Crippen LogP contribution is -2.47. The van der Waals surface area contributed by atoms with Crippen molar-refractivity contribution in [2.75, 3.05) is 26.4 Å². The summed E-state index contributed by atoms with van der Waals surface area (Å²) in [4.78, 5) is 0. The molecule has 0 aromatic heterocycles. The van der Waals surface area contributed by atoms with Crippen LogP contribution < -0.4 is 4.74 Å². The Kier molecular flexibility index (Phi) is 11.4. The van der Waals surface area contributed by atoms with Crippen LogP contribution in [0.4, 0.5) is 0 Å². The molecule has 1 saturated carbocycles. The minimum absolute atomic E-state index is 0.301. The van der Waals surface area contributed by atoms with Crippen molar-refractivity contribution in [3.05, 3.63) is 29.8 Å². The summed E-state index contributed by atoms with van der Waals surface area (Å²) in [6, 6.07) is 9.59. The average Bonchev–Trinajstić information content (AvgIpc) is 2.74. The van der Waals surface area contributed by atoms with Crippen molar-refractivity contribution >= 4 is 8.80 Å². The molecule has 5 heteroatoms. The first kappa shape index (κ1) is 25.4. The maximum Gasteiger partial charge on any atom is 0.501 e. The summed E-state index contributed by atoms with van der Waals surface area (Å²) in [5.41, 5.74) is 1.47. The van der Waals surface area contributed by atoms with Crippen molar-refractivity contribution in [3.63, 3.8) is 0 Å². The van der Waals surface area contributed by atoms with Crippen molar-refractivity contribution < 1.29 is 18.0 Å². The molecule has 0 N–H and O–H groups in total. The fourth-order valence-electron chi connectivity index (χ4n) is 4.71. The van der Waals surface area contributed by atoms with E-state index in [0.717, 1.165) is 23.6 Å². The molecule has 2 rings (SSSR count). The molecule has 0 amide bonds. The van der Waals surface area contributed by atoms with Gasteiger partial charge in [0.2, 0.25) is 0 Å². The topological polar surface area (TPSA) is 36.9 Å². The fourth-order valence-corrected chi connectivity index (χ4v) is 7.61. The first-order chi connectivity index (χ1) is 14.6. The summed E-state index contributed by atoms with van der Waals surface area (Å²) in [5, 5.41) is 0. The van der Waals surface area contributed by atoms with E-state index in [2.05, 4.69) is 38.1 Å². The minimum atomic E-state index is -2.62. The summed E-state index contributed by atoms with van der Waals surface area (Å²) >= 11 is 0. The van der Waals surface area contributed by atoms with Gasteiger partial charge in [-0.3, -0.25) is 0 Å². The molecule has 1 fully saturated rings. The van der Waals surface area contributed by atoms with Gasteiger partial charge in [0.15, 0.2) is 0 Å². The molecule has 172 valence electrons. The molecule has 1 atom stereocenters. The summed E-state index contributed by atoms with van der Waals surface area (Å²) in [6.45, 7) is 13.0. The number of hydrogen-bond acceptors (Lipinski definition) is 4. The van der Waals surface area contributed by atoms with E-state index in [1.807, 2.05) is 20.8 Å². The Labute approximate surface area is 186 Å². The molecule has 1 aromatic carbocycles. The number of rotatable bonds is 14. The van der Waals surface area contributed by atoms with E-state index >= 15 is 0 Å².